The fraction of sp³-hybridized carbons (Fsp3) is 0.276. The van der Waals surface area contributed by atoms with Crippen molar-refractivity contribution in [1.29, 1.82) is 0 Å². The highest BCUT2D eigenvalue weighted by atomic mass is 19.4. The van der Waals surface area contributed by atoms with Gasteiger partial charge in [-0.05, 0) is 46.7 Å². The van der Waals surface area contributed by atoms with Gasteiger partial charge in [-0.1, -0.05) is 69.3 Å². The summed E-state index contributed by atoms with van der Waals surface area (Å²) in [6, 6.07) is 18.4. The summed E-state index contributed by atoms with van der Waals surface area (Å²) in [5.41, 5.74) is 1.74. The molecule has 0 atom stereocenters. The van der Waals surface area contributed by atoms with Crippen LogP contribution in [0.15, 0.2) is 72.9 Å². The summed E-state index contributed by atoms with van der Waals surface area (Å²) in [5.74, 6) is -1.58. The molecule has 188 valence electrons. The van der Waals surface area contributed by atoms with Crippen LogP contribution in [0, 0.1) is 5.82 Å². The van der Waals surface area contributed by atoms with Gasteiger partial charge < -0.3 is 9.88 Å². The van der Waals surface area contributed by atoms with Crippen molar-refractivity contribution in [1.82, 2.24) is 9.88 Å². The zero-order valence-corrected chi connectivity index (χ0v) is 20.4. The van der Waals surface area contributed by atoms with Crippen molar-refractivity contribution < 1.29 is 22.4 Å². The Morgan fingerprint density at radius 2 is 1.61 bits per heavy atom. The standard InChI is InChI=1S/C29H28F4N2O/c1-28(2,3)22-12-10-19(11-13-22)18-35(27(36)23-8-4-7-21-14-16-34-26(21)23)17-15-20-6-5-9-24(25(20)30)29(31,32)33/h4-14,16,34H,15,17-18H2,1-3H3. The molecule has 3 nitrogen and oxygen atoms in total. The third kappa shape index (κ3) is 5.45. The van der Waals surface area contributed by atoms with Crippen LogP contribution in [0.25, 0.3) is 10.9 Å². The molecule has 0 bridgehead atoms. The van der Waals surface area contributed by atoms with Gasteiger partial charge in [-0.2, -0.15) is 13.2 Å². The van der Waals surface area contributed by atoms with Gasteiger partial charge in [0.25, 0.3) is 5.91 Å². The summed E-state index contributed by atoms with van der Waals surface area (Å²) in [6.07, 6.45) is -3.09. The number of amides is 1. The molecule has 1 aromatic heterocycles. The van der Waals surface area contributed by atoms with Gasteiger partial charge >= 0.3 is 6.18 Å². The molecule has 0 unspecified atom stereocenters. The van der Waals surface area contributed by atoms with Crippen LogP contribution in [0.2, 0.25) is 0 Å². The van der Waals surface area contributed by atoms with Crippen molar-refractivity contribution >= 4 is 16.8 Å². The lowest BCUT2D eigenvalue weighted by Crippen LogP contribution is -2.33. The van der Waals surface area contributed by atoms with E-state index in [1.54, 1.807) is 23.2 Å². The van der Waals surface area contributed by atoms with Crippen LogP contribution in [0.5, 0.6) is 0 Å². The van der Waals surface area contributed by atoms with Crippen LogP contribution in [0.1, 0.15) is 53.4 Å². The minimum atomic E-state index is -4.78. The lowest BCUT2D eigenvalue weighted by Gasteiger charge is -2.25. The molecule has 4 aromatic rings. The minimum absolute atomic E-state index is 0.0294. The maximum Gasteiger partial charge on any atom is 0.419 e. The average Bonchev–Trinajstić information content (AvgIpc) is 3.30. The monoisotopic (exact) mass is 496 g/mol. The van der Waals surface area contributed by atoms with E-state index >= 15 is 0 Å². The topological polar surface area (TPSA) is 36.1 Å². The number of fused-ring (bicyclic) bond motifs is 1. The Morgan fingerprint density at radius 1 is 0.917 bits per heavy atom. The molecule has 1 heterocycles. The second kappa shape index (κ2) is 9.80. The molecular formula is C29H28F4N2O. The molecule has 36 heavy (non-hydrogen) atoms. The fourth-order valence-corrected chi connectivity index (χ4v) is 4.26. The maximum atomic E-state index is 14.7. The van der Waals surface area contributed by atoms with Gasteiger partial charge in [0.2, 0.25) is 0 Å². The normalized spacial score (nSPS) is 12.2. The predicted octanol–water partition coefficient (Wildman–Crippen LogP) is 7.51. The zero-order chi connectivity index (χ0) is 26.1. The van der Waals surface area contributed by atoms with Crippen LogP contribution < -0.4 is 0 Å². The number of aromatic nitrogens is 1. The molecule has 0 aliphatic carbocycles. The molecule has 0 saturated carbocycles. The van der Waals surface area contributed by atoms with Gasteiger partial charge in [-0.25, -0.2) is 4.39 Å². The summed E-state index contributed by atoms with van der Waals surface area (Å²) in [5, 5.41) is 0.874. The molecular weight excluding hydrogens is 468 g/mol. The highest BCUT2D eigenvalue weighted by Gasteiger charge is 2.34. The van der Waals surface area contributed by atoms with Crippen LogP contribution in [0.4, 0.5) is 17.6 Å². The Hall–Kier alpha value is -3.61. The van der Waals surface area contributed by atoms with Crippen molar-refractivity contribution in [2.24, 2.45) is 0 Å². The van der Waals surface area contributed by atoms with Gasteiger partial charge in [-0.3, -0.25) is 4.79 Å². The van der Waals surface area contributed by atoms with Crippen molar-refractivity contribution in [3.63, 3.8) is 0 Å². The Morgan fingerprint density at radius 3 is 2.28 bits per heavy atom. The summed E-state index contributed by atoms with van der Waals surface area (Å²) in [6.45, 7) is 6.62. The highest BCUT2D eigenvalue weighted by molar-refractivity contribution is 6.05. The number of rotatable bonds is 6. The molecule has 0 aliphatic rings. The SMILES string of the molecule is CC(C)(C)c1ccc(CN(CCc2cccc(C(F)(F)F)c2F)C(=O)c2cccc3cc[nH]c23)cc1. The van der Waals surface area contributed by atoms with Crippen molar-refractivity contribution in [2.45, 2.75) is 45.3 Å². The Labute approximate surface area is 207 Å². The summed E-state index contributed by atoms with van der Waals surface area (Å²) in [4.78, 5) is 18.3. The number of para-hydroxylation sites is 1. The second-order valence-corrected chi connectivity index (χ2v) is 9.95. The van der Waals surface area contributed by atoms with Crippen molar-refractivity contribution in [2.75, 3.05) is 6.54 Å². The first-order valence-corrected chi connectivity index (χ1v) is 11.7. The smallest absolute Gasteiger partial charge is 0.361 e. The van der Waals surface area contributed by atoms with Gasteiger partial charge in [0.05, 0.1) is 16.6 Å². The summed E-state index contributed by atoms with van der Waals surface area (Å²) in [7, 11) is 0. The number of carbonyl (C=O) groups is 1. The number of hydrogen-bond donors (Lipinski definition) is 1. The molecule has 1 N–H and O–H groups in total. The lowest BCUT2D eigenvalue weighted by atomic mass is 9.87. The number of H-pyrrole nitrogens is 1. The third-order valence-electron chi connectivity index (χ3n) is 6.33. The van der Waals surface area contributed by atoms with E-state index in [0.29, 0.717) is 11.1 Å². The predicted molar refractivity (Wildman–Crippen MR) is 133 cm³/mol. The number of benzene rings is 3. The molecule has 0 fully saturated rings. The van der Waals surface area contributed by atoms with Crippen LogP contribution in [0.3, 0.4) is 0 Å². The zero-order valence-electron chi connectivity index (χ0n) is 20.4. The first-order chi connectivity index (χ1) is 16.9. The van der Waals surface area contributed by atoms with Crippen molar-refractivity contribution in [3.8, 4) is 0 Å². The van der Waals surface area contributed by atoms with E-state index in [9.17, 15) is 22.4 Å². The van der Waals surface area contributed by atoms with Crippen LogP contribution >= 0.6 is 0 Å². The number of halogens is 4. The quantitative estimate of drug-likeness (QED) is 0.276. The second-order valence-electron chi connectivity index (χ2n) is 9.95. The molecule has 1 amide bonds. The Kier molecular flexibility index (Phi) is 6.94. The Bertz CT molecular complexity index is 1360. The molecule has 0 radical (unpaired) electrons. The highest BCUT2D eigenvalue weighted by Crippen LogP contribution is 2.32. The number of nitrogens with one attached hydrogen (secondary N) is 1. The lowest BCUT2D eigenvalue weighted by molar-refractivity contribution is -0.140. The van der Waals surface area contributed by atoms with Gasteiger partial charge in [0.1, 0.15) is 5.82 Å². The van der Waals surface area contributed by atoms with E-state index in [0.717, 1.165) is 22.6 Å². The van der Waals surface area contributed by atoms with Crippen molar-refractivity contribution in [3.05, 3.63) is 107 Å². The molecule has 7 heteroatoms. The number of aromatic amines is 1. The number of carbonyl (C=O) groups excluding carboxylic acids is 1. The third-order valence-corrected chi connectivity index (χ3v) is 6.33. The van der Waals surface area contributed by atoms with E-state index in [2.05, 4.69) is 25.8 Å². The maximum absolute atomic E-state index is 14.7. The van der Waals surface area contributed by atoms with E-state index in [-0.39, 0.29) is 36.4 Å². The summed E-state index contributed by atoms with van der Waals surface area (Å²) < 4.78 is 54.2. The van der Waals surface area contributed by atoms with Gasteiger partial charge in [0, 0.05) is 24.7 Å². The Balaban J connectivity index is 1.64. The summed E-state index contributed by atoms with van der Waals surface area (Å²) >= 11 is 0. The van der Waals surface area contributed by atoms with E-state index < -0.39 is 17.6 Å². The molecule has 4 rings (SSSR count). The molecule has 3 aromatic carbocycles. The average molecular weight is 497 g/mol. The first kappa shape index (κ1) is 25.5. The molecule has 0 aliphatic heterocycles. The van der Waals surface area contributed by atoms with E-state index in [1.165, 1.54) is 12.1 Å². The minimum Gasteiger partial charge on any atom is -0.361 e. The number of alkyl halides is 3. The molecule has 0 spiro atoms. The van der Waals surface area contributed by atoms with Gasteiger partial charge in [0.15, 0.2) is 0 Å². The fourth-order valence-electron chi connectivity index (χ4n) is 4.26. The number of nitrogens with zero attached hydrogens (tertiary/aromatic N) is 1. The largest absolute Gasteiger partial charge is 0.419 e. The van der Waals surface area contributed by atoms with E-state index in [4.69, 9.17) is 0 Å². The first-order valence-electron chi connectivity index (χ1n) is 11.7. The van der Waals surface area contributed by atoms with Crippen LogP contribution in [-0.4, -0.2) is 22.3 Å². The van der Waals surface area contributed by atoms with E-state index in [1.807, 2.05) is 36.4 Å². The number of hydrogen-bond acceptors (Lipinski definition) is 1. The van der Waals surface area contributed by atoms with Crippen LogP contribution in [-0.2, 0) is 24.6 Å². The molecule has 0 saturated heterocycles. The van der Waals surface area contributed by atoms with Gasteiger partial charge in [-0.15, -0.1) is 0 Å².